The minimum absolute atomic E-state index is 0.167. The molecule has 2 aliphatic rings. The Kier molecular flexibility index (Phi) is 4.91. The maximum absolute atomic E-state index is 13.5. The number of methoxy groups -OCH3 is 1. The predicted octanol–water partition coefficient (Wildman–Crippen LogP) is 4.36. The van der Waals surface area contributed by atoms with Gasteiger partial charge in [0.25, 0.3) is 5.69 Å². The third-order valence-corrected chi connectivity index (χ3v) is 7.14. The average Bonchev–Trinajstić information content (AvgIpc) is 2.94. The summed E-state index contributed by atoms with van der Waals surface area (Å²) in [6.45, 7) is 11.0. The lowest BCUT2D eigenvalue weighted by atomic mass is 9.66. The van der Waals surface area contributed by atoms with Gasteiger partial charge in [-0.3, -0.25) is 14.9 Å². The van der Waals surface area contributed by atoms with E-state index in [-0.39, 0.29) is 11.3 Å². The Morgan fingerprint density at radius 3 is 2.30 bits per heavy atom. The molecular weight excluding hydrogens is 390 g/mol. The lowest BCUT2D eigenvalue weighted by Gasteiger charge is -2.38. The number of nitro benzene ring substituents is 1. The van der Waals surface area contributed by atoms with E-state index in [9.17, 15) is 19.7 Å². The average molecular weight is 419 g/mol. The van der Waals surface area contributed by atoms with E-state index < -0.39 is 44.8 Å². The molecule has 8 nitrogen and oxygen atoms in total. The highest BCUT2D eigenvalue weighted by Gasteiger charge is 2.76. The van der Waals surface area contributed by atoms with Gasteiger partial charge in [0.15, 0.2) is 0 Å². The van der Waals surface area contributed by atoms with Gasteiger partial charge in [0.1, 0.15) is 11.9 Å². The Hall–Kier alpha value is -2.64. The standard InChI is InChI=1S/C22H29NO7/c1-19(2,3)16(14-12-13(28-7)8-9-15(14)23(26)27)29-18(25)22-11-10-21(6,17(24)30-22)20(22,4)5/h8-9,12,16H,10-11H2,1-7H3/t16-,21+,22+/m0/s1. The van der Waals surface area contributed by atoms with Crippen LogP contribution in [0.3, 0.4) is 0 Å². The molecule has 3 rings (SSSR count). The van der Waals surface area contributed by atoms with Gasteiger partial charge < -0.3 is 14.2 Å². The molecule has 1 aromatic rings. The molecule has 2 bridgehead atoms. The van der Waals surface area contributed by atoms with E-state index in [2.05, 4.69) is 0 Å². The van der Waals surface area contributed by atoms with Crippen molar-refractivity contribution in [3.63, 3.8) is 0 Å². The van der Waals surface area contributed by atoms with Gasteiger partial charge in [0.05, 0.1) is 23.0 Å². The molecule has 1 heterocycles. The SMILES string of the molecule is COc1ccc([N+](=O)[O-])c([C@H](OC(=O)[C@@]23CC[C@](C)(C(=O)O2)C3(C)C)C(C)(C)C)c1. The first kappa shape index (κ1) is 22.1. The number of ether oxygens (including phenoxy) is 3. The predicted molar refractivity (Wildman–Crippen MR) is 108 cm³/mol. The van der Waals surface area contributed by atoms with E-state index in [0.717, 1.165) is 0 Å². The van der Waals surface area contributed by atoms with Gasteiger partial charge in [0.2, 0.25) is 5.60 Å². The summed E-state index contributed by atoms with van der Waals surface area (Å²) in [6, 6.07) is 4.35. The second-order valence-corrected chi connectivity index (χ2v) is 10.0. The first-order valence-electron chi connectivity index (χ1n) is 9.98. The molecule has 1 aliphatic carbocycles. The molecule has 0 amide bonds. The summed E-state index contributed by atoms with van der Waals surface area (Å²) in [7, 11) is 1.46. The Balaban J connectivity index is 2.06. The molecule has 30 heavy (non-hydrogen) atoms. The smallest absolute Gasteiger partial charge is 0.351 e. The highest BCUT2D eigenvalue weighted by Crippen LogP contribution is 2.66. The van der Waals surface area contributed by atoms with Gasteiger partial charge in [-0.1, -0.05) is 34.6 Å². The fourth-order valence-corrected chi connectivity index (χ4v) is 4.65. The van der Waals surface area contributed by atoms with Crippen LogP contribution in [0.4, 0.5) is 5.69 Å². The summed E-state index contributed by atoms with van der Waals surface area (Å²) in [5.74, 6) is -0.658. The second-order valence-electron chi connectivity index (χ2n) is 10.0. The normalized spacial score (nSPS) is 28.0. The lowest BCUT2D eigenvalue weighted by Crippen LogP contribution is -2.49. The van der Waals surface area contributed by atoms with Crippen LogP contribution in [0.2, 0.25) is 0 Å². The molecule has 0 aromatic heterocycles. The molecule has 2 fully saturated rings. The van der Waals surface area contributed by atoms with Crippen molar-refractivity contribution >= 4 is 17.6 Å². The molecule has 1 aliphatic heterocycles. The number of hydrogen-bond acceptors (Lipinski definition) is 7. The van der Waals surface area contributed by atoms with E-state index in [1.807, 2.05) is 41.5 Å². The molecule has 3 atom stereocenters. The highest BCUT2D eigenvalue weighted by atomic mass is 16.6. The number of esters is 2. The molecule has 0 unspecified atom stereocenters. The zero-order valence-electron chi connectivity index (χ0n) is 18.5. The first-order chi connectivity index (χ1) is 13.7. The van der Waals surface area contributed by atoms with Crippen LogP contribution in [0.1, 0.15) is 66.1 Å². The minimum Gasteiger partial charge on any atom is -0.497 e. The molecule has 0 radical (unpaired) electrons. The molecule has 1 aromatic carbocycles. The summed E-state index contributed by atoms with van der Waals surface area (Å²) in [5.41, 5.74) is -3.55. The number of fused-ring (bicyclic) bond motifs is 2. The van der Waals surface area contributed by atoms with Gasteiger partial charge in [-0.2, -0.15) is 0 Å². The topological polar surface area (TPSA) is 105 Å². The molecule has 0 N–H and O–H groups in total. The third kappa shape index (κ3) is 2.87. The Morgan fingerprint density at radius 2 is 1.87 bits per heavy atom. The Bertz CT molecular complexity index is 917. The maximum atomic E-state index is 13.5. The Morgan fingerprint density at radius 1 is 1.23 bits per heavy atom. The molecule has 0 spiro atoms. The van der Waals surface area contributed by atoms with Crippen molar-refractivity contribution in [1.29, 1.82) is 0 Å². The van der Waals surface area contributed by atoms with E-state index >= 15 is 0 Å². The Labute approximate surface area is 176 Å². The van der Waals surface area contributed by atoms with Crippen LogP contribution in [-0.4, -0.2) is 29.6 Å². The number of nitro groups is 1. The number of hydrogen-bond donors (Lipinski definition) is 0. The summed E-state index contributed by atoms with van der Waals surface area (Å²) in [4.78, 5) is 37.2. The second kappa shape index (κ2) is 6.68. The summed E-state index contributed by atoms with van der Waals surface area (Å²) >= 11 is 0. The van der Waals surface area contributed by atoms with Gasteiger partial charge in [-0.15, -0.1) is 0 Å². The summed E-state index contributed by atoms with van der Waals surface area (Å²) in [5, 5.41) is 11.7. The molecular formula is C22H29NO7. The van der Waals surface area contributed by atoms with Crippen molar-refractivity contribution in [2.45, 2.75) is 66.1 Å². The van der Waals surface area contributed by atoms with Crippen molar-refractivity contribution in [2.75, 3.05) is 7.11 Å². The van der Waals surface area contributed by atoms with Crippen molar-refractivity contribution in [1.82, 2.24) is 0 Å². The largest absolute Gasteiger partial charge is 0.497 e. The van der Waals surface area contributed by atoms with Crippen molar-refractivity contribution in [3.05, 3.63) is 33.9 Å². The van der Waals surface area contributed by atoms with Crippen LogP contribution in [0.5, 0.6) is 5.75 Å². The van der Waals surface area contributed by atoms with Crippen LogP contribution in [0.25, 0.3) is 0 Å². The molecule has 1 saturated carbocycles. The number of carbonyl (C=O) groups excluding carboxylic acids is 2. The first-order valence-corrected chi connectivity index (χ1v) is 9.98. The zero-order valence-corrected chi connectivity index (χ0v) is 18.5. The fraction of sp³-hybridized carbons (Fsp3) is 0.636. The molecule has 8 heteroatoms. The van der Waals surface area contributed by atoms with Gasteiger partial charge >= 0.3 is 11.9 Å². The zero-order chi connectivity index (χ0) is 22.7. The van der Waals surface area contributed by atoms with Crippen LogP contribution >= 0.6 is 0 Å². The van der Waals surface area contributed by atoms with E-state index in [1.54, 1.807) is 0 Å². The number of carbonyl (C=O) groups is 2. The van der Waals surface area contributed by atoms with Gasteiger partial charge in [0, 0.05) is 16.9 Å². The summed E-state index contributed by atoms with van der Waals surface area (Å²) < 4.78 is 16.8. The molecule has 164 valence electrons. The number of benzene rings is 1. The van der Waals surface area contributed by atoms with Crippen LogP contribution in [-0.2, 0) is 19.1 Å². The van der Waals surface area contributed by atoms with Crippen LogP contribution < -0.4 is 4.74 Å². The van der Waals surface area contributed by atoms with E-state index in [4.69, 9.17) is 14.2 Å². The highest BCUT2D eigenvalue weighted by molar-refractivity contribution is 5.93. The fourth-order valence-electron chi connectivity index (χ4n) is 4.65. The summed E-state index contributed by atoms with van der Waals surface area (Å²) in [6.07, 6.45) is -0.0669. The number of nitrogens with zero attached hydrogens (tertiary/aromatic N) is 1. The van der Waals surface area contributed by atoms with Crippen LogP contribution in [0, 0.1) is 26.4 Å². The maximum Gasteiger partial charge on any atom is 0.351 e. The quantitative estimate of drug-likeness (QED) is 0.397. The van der Waals surface area contributed by atoms with Gasteiger partial charge in [-0.25, -0.2) is 4.79 Å². The van der Waals surface area contributed by atoms with E-state index in [1.165, 1.54) is 25.3 Å². The van der Waals surface area contributed by atoms with Crippen molar-refractivity contribution < 1.29 is 28.7 Å². The van der Waals surface area contributed by atoms with Crippen molar-refractivity contribution in [2.24, 2.45) is 16.2 Å². The van der Waals surface area contributed by atoms with Gasteiger partial charge in [-0.05, 0) is 31.9 Å². The van der Waals surface area contributed by atoms with E-state index in [0.29, 0.717) is 18.6 Å². The van der Waals surface area contributed by atoms with Crippen molar-refractivity contribution in [3.8, 4) is 5.75 Å². The lowest BCUT2D eigenvalue weighted by molar-refractivity contribution is -0.386. The number of rotatable bonds is 5. The monoisotopic (exact) mass is 419 g/mol. The third-order valence-electron chi connectivity index (χ3n) is 7.14. The van der Waals surface area contributed by atoms with Crippen LogP contribution in [0.15, 0.2) is 18.2 Å². The minimum atomic E-state index is -1.41. The molecule has 1 saturated heterocycles.